The van der Waals surface area contributed by atoms with E-state index in [0.29, 0.717) is 54.5 Å². The number of aromatic nitrogens is 8. The molecule has 1 saturated heterocycles. The number of piperazine rings is 1. The second kappa shape index (κ2) is 18.8. The third-order valence-electron chi connectivity index (χ3n) is 8.86. The number of amides is 1. The van der Waals surface area contributed by atoms with Crippen molar-refractivity contribution in [3.63, 3.8) is 0 Å². The number of halogens is 1. The molecule has 1 amide bonds. The van der Waals surface area contributed by atoms with Crippen molar-refractivity contribution in [3.05, 3.63) is 114 Å². The maximum atomic E-state index is 12.0. The summed E-state index contributed by atoms with van der Waals surface area (Å²) < 4.78 is 13.2. The summed E-state index contributed by atoms with van der Waals surface area (Å²) in [5, 5.41) is 15.4. The standard InChI is InChI=1S/C24H29N7O3.C16H14ClN5O2/c1-5-34-23(33)19-6-8-20(9-7-19)27-24-26-15-30(28-24)21-10-11-25-22(12-21)29-13-16(2)31(18(4)32)17(3)14-29;1-2-24-15(23)11-3-5-12(6-4-11)20-16-19-10-22(21-16)13-7-8-18-14(17)9-13/h6-12,15-17H,5,13-14H2,1-4H3,(H,27,28);3-10H,2H2,1H3,(H,20,21)/t16-,17+;. The zero-order valence-corrected chi connectivity index (χ0v) is 33.4. The highest BCUT2D eigenvalue weighted by Gasteiger charge is 2.31. The summed E-state index contributed by atoms with van der Waals surface area (Å²) >= 11 is 5.87. The minimum atomic E-state index is -0.351. The summed E-state index contributed by atoms with van der Waals surface area (Å²) in [6.45, 7) is 11.4. The summed E-state index contributed by atoms with van der Waals surface area (Å²) in [7, 11) is 0. The van der Waals surface area contributed by atoms with Crippen LogP contribution in [-0.4, -0.2) is 101 Å². The molecule has 0 spiro atoms. The lowest BCUT2D eigenvalue weighted by Crippen LogP contribution is -2.58. The Hall–Kier alpha value is -6.88. The average Bonchev–Trinajstić information content (AvgIpc) is 3.89. The molecule has 7 rings (SSSR count). The van der Waals surface area contributed by atoms with Gasteiger partial charge in [-0.05, 0) is 88.4 Å². The number of nitrogens with zero attached hydrogens (tertiary/aromatic N) is 10. The summed E-state index contributed by atoms with van der Waals surface area (Å²) in [5.74, 6) is 1.09. The van der Waals surface area contributed by atoms with Crippen LogP contribution in [0.5, 0.6) is 0 Å². The third kappa shape index (κ3) is 10.3. The number of ether oxygens (including phenoxy) is 2. The van der Waals surface area contributed by atoms with Gasteiger partial charge in [0.15, 0.2) is 0 Å². The number of benzene rings is 2. The molecule has 0 saturated carbocycles. The molecule has 5 heterocycles. The van der Waals surface area contributed by atoms with E-state index in [1.807, 2.05) is 17.0 Å². The molecular formula is C40H43ClN12O5. The Bertz CT molecular complexity index is 2320. The smallest absolute Gasteiger partial charge is 0.338 e. The first-order valence-electron chi connectivity index (χ1n) is 18.5. The van der Waals surface area contributed by atoms with Crippen LogP contribution < -0.4 is 15.5 Å². The van der Waals surface area contributed by atoms with Crippen molar-refractivity contribution in [2.75, 3.05) is 41.8 Å². The first kappa shape index (κ1) is 40.8. The van der Waals surface area contributed by atoms with Gasteiger partial charge >= 0.3 is 11.9 Å². The highest BCUT2D eigenvalue weighted by Crippen LogP contribution is 2.24. The van der Waals surface area contributed by atoms with Crippen molar-refractivity contribution in [1.29, 1.82) is 0 Å². The number of nitrogens with one attached hydrogen (secondary N) is 2. The first-order chi connectivity index (χ1) is 28.0. The highest BCUT2D eigenvalue weighted by molar-refractivity contribution is 6.29. The summed E-state index contributed by atoms with van der Waals surface area (Å²) in [5.41, 5.74) is 4.09. The van der Waals surface area contributed by atoms with Gasteiger partial charge in [-0.3, -0.25) is 4.79 Å². The predicted molar refractivity (Wildman–Crippen MR) is 218 cm³/mol. The lowest BCUT2D eigenvalue weighted by molar-refractivity contribution is -0.133. The van der Waals surface area contributed by atoms with Crippen molar-refractivity contribution < 1.29 is 23.9 Å². The van der Waals surface area contributed by atoms with E-state index in [9.17, 15) is 14.4 Å². The Morgan fingerprint density at radius 2 is 1.16 bits per heavy atom. The van der Waals surface area contributed by atoms with Crippen LogP contribution in [0.1, 0.15) is 55.3 Å². The van der Waals surface area contributed by atoms with Crippen molar-refractivity contribution in [2.45, 2.75) is 46.7 Å². The average molecular weight is 807 g/mol. The van der Waals surface area contributed by atoms with Crippen molar-refractivity contribution in [1.82, 2.24) is 44.4 Å². The molecule has 18 heteroatoms. The van der Waals surface area contributed by atoms with Crippen molar-refractivity contribution >= 4 is 58.5 Å². The van der Waals surface area contributed by atoms with Crippen LogP contribution in [0.3, 0.4) is 0 Å². The molecule has 6 aromatic rings. The Balaban J connectivity index is 0.000000208. The van der Waals surface area contributed by atoms with Gasteiger partial charge in [0.05, 0.1) is 35.7 Å². The van der Waals surface area contributed by atoms with E-state index in [-0.39, 0.29) is 29.9 Å². The number of pyridine rings is 2. The zero-order valence-electron chi connectivity index (χ0n) is 32.6. The van der Waals surface area contributed by atoms with E-state index in [4.69, 9.17) is 21.1 Å². The van der Waals surface area contributed by atoms with E-state index in [1.165, 1.54) is 0 Å². The molecule has 2 atom stereocenters. The molecule has 58 heavy (non-hydrogen) atoms. The molecule has 0 bridgehead atoms. The summed E-state index contributed by atoms with van der Waals surface area (Å²) in [6, 6.07) is 21.3. The molecule has 300 valence electrons. The number of rotatable bonds is 11. The molecule has 1 fully saturated rings. The topological polar surface area (TPSA) is 187 Å². The van der Waals surface area contributed by atoms with E-state index in [0.717, 1.165) is 28.6 Å². The van der Waals surface area contributed by atoms with E-state index in [2.05, 4.69) is 59.5 Å². The predicted octanol–water partition coefficient (Wildman–Crippen LogP) is 6.26. The fourth-order valence-corrected chi connectivity index (χ4v) is 6.51. The number of anilines is 5. The number of hydrogen-bond donors (Lipinski definition) is 2. The second-order valence-corrected chi connectivity index (χ2v) is 13.5. The van der Waals surface area contributed by atoms with Crippen LogP contribution in [0.4, 0.5) is 29.1 Å². The Labute approximate surface area is 340 Å². The van der Waals surface area contributed by atoms with Gasteiger partial charge in [-0.25, -0.2) is 28.9 Å². The second-order valence-electron chi connectivity index (χ2n) is 13.1. The monoisotopic (exact) mass is 806 g/mol. The van der Waals surface area contributed by atoms with E-state index >= 15 is 0 Å². The number of esters is 2. The molecule has 1 aliphatic rings. The Kier molecular flexibility index (Phi) is 13.2. The Morgan fingerprint density at radius 1 is 0.690 bits per heavy atom. The molecular weight excluding hydrogens is 764 g/mol. The van der Waals surface area contributed by atoms with Gasteiger partial charge in [-0.15, -0.1) is 10.2 Å². The number of carbonyl (C=O) groups is 3. The normalized spacial score (nSPS) is 14.9. The van der Waals surface area contributed by atoms with Gasteiger partial charge in [0.1, 0.15) is 23.6 Å². The molecule has 0 unspecified atom stereocenters. The first-order valence-corrected chi connectivity index (χ1v) is 18.9. The van der Waals surface area contributed by atoms with Crippen LogP contribution in [0.25, 0.3) is 11.4 Å². The van der Waals surface area contributed by atoms with Gasteiger partial charge in [0.2, 0.25) is 17.8 Å². The van der Waals surface area contributed by atoms with Crippen molar-refractivity contribution in [3.8, 4) is 11.4 Å². The van der Waals surface area contributed by atoms with Crippen LogP contribution in [0.2, 0.25) is 5.15 Å². The molecule has 2 aromatic carbocycles. The zero-order chi connectivity index (χ0) is 41.2. The third-order valence-corrected chi connectivity index (χ3v) is 9.07. The number of carbonyl (C=O) groups excluding carboxylic acids is 3. The quantitative estimate of drug-likeness (QED) is 0.110. The molecule has 0 aliphatic carbocycles. The molecule has 4 aromatic heterocycles. The SMILES string of the molecule is CCOC(=O)c1ccc(Nc2ncn(-c3ccnc(Cl)c3)n2)cc1.CCOC(=O)c1ccc(Nc2ncn(-c3ccnc(N4C[C@@H](C)N(C(C)=O)[C@@H](C)C4)c3)n2)cc1. The summed E-state index contributed by atoms with van der Waals surface area (Å²) in [6.07, 6.45) is 6.55. The fraction of sp³-hybridized carbons (Fsp3) is 0.275. The van der Waals surface area contributed by atoms with Crippen LogP contribution in [-0.2, 0) is 14.3 Å². The van der Waals surface area contributed by atoms with Crippen molar-refractivity contribution in [2.24, 2.45) is 0 Å². The molecule has 17 nitrogen and oxygen atoms in total. The van der Waals surface area contributed by atoms with Gasteiger partial charge in [0, 0.05) is 68.0 Å². The number of hydrogen-bond acceptors (Lipinski definition) is 14. The van der Waals surface area contributed by atoms with Gasteiger partial charge in [0.25, 0.3) is 0 Å². The molecule has 1 aliphatic heterocycles. The Morgan fingerprint density at radius 3 is 1.60 bits per heavy atom. The van der Waals surface area contributed by atoms with Crippen LogP contribution >= 0.6 is 11.6 Å². The van der Waals surface area contributed by atoms with Gasteiger partial charge in [-0.1, -0.05) is 11.6 Å². The fourth-order valence-electron chi connectivity index (χ4n) is 6.34. The molecule has 2 N–H and O–H groups in total. The summed E-state index contributed by atoms with van der Waals surface area (Å²) in [4.78, 5) is 56.5. The minimum absolute atomic E-state index is 0.0968. The van der Waals surface area contributed by atoms with E-state index < -0.39 is 0 Å². The lowest BCUT2D eigenvalue weighted by atomic mass is 10.1. The maximum Gasteiger partial charge on any atom is 0.338 e. The van der Waals surface area contributed by atoms with Gasteiger partial charge < -0.3 is 29.9 Å². The van der Waals surface area contributed by atoms with Crippen LogP contribution in [0, 0.1) is 0 Å². The van der Waals surface area contributed by atoms with E-state index in [1.54, 1.807) is 116 Å². The highest BCUT2D eigenvalue weighted by atomic mass is 35.5. The largest absolute Gasteiger partial charge is 0.462 e. The van der Waals surface area contributed by atoms with Gasteiger partial charge in [-0.2, -0.15) is 9.97 Å². The molecule has 0 radical (unpaired) electrons. The lowest BCUT2D eigenvalue weighted by Gasteiger charge is -2.44. The minimum Gasteiger partial charge on any atom is -0.462 e. The maximum absolute atomic E-state index is 12.0. The van der Waals surface area contributed by atoms with Crippen LogP contribution in [0.15, 0.2) is 97.8 Å².